The largest absolute Gasteiger partial charge is 2.00 e. The molecule has 4 heteroatoms. The van der Waals surface area contributed by atoms with Crippen molar-refractivity contribution in [2.75, 3.05) is 0 Å². The number of aromatic nitrogens is 3. The summed E-state index contributed by atoms with van der Waals surface area (Å²) in [7, 11) is 0. The summed E-state index contributed by atoms with van der Waals surface area (Å²) in [5, 5.41) is 2.37. The molecule has 0 saturated heterocycles. The van der Waals surface area contributed by atoms with E-state index in [0.717, 1.165) is 39.4 Å². The normalized spacial score (nSPS) is 10.9. The van der Waals surface area contributed by atoms with Crippen molar-refractivity contribution >= 4 is 21.8 Å². The van der Waals surface area contributed by atoms with Gasteiger partial charge in [0.05, 0.1) is 0 Å². The molecule has 3 nitrogen and oxygen atoms in total. The molecule has 0 aliphatic carbocycles. The molecule has 0 aliphatic heterocycles. The summed E-state index contributed by atoms with van der Waals surface area (Å²) >= 11 is 0. The minimum atomic E-state index is 0. The molecule has 6 aromatic rings. The van der Waals surface area contributed by atoms with Crippen molar-refractivity contribution < 1.29 is 16.5 Å². The molecule has 0 bridgehead atoms. The zero-order valence-electron chi connectivity index (χ0n) is 17.0. The first kappa shape index (κ1) is 20.2. The molecule has 0 unspecified atom stereocenters. The summed E-state index contributed by atoms with van der Waals surface area (Å²) in [5.74, 6) is 0.864. The molecular formula is C28H17N3Ni. The molecule has 0 spiro atoms. The van der Waals surface area contributed by atoms with Gasteiger partial charge in [-0.1, -0.05) is 59.1 Å². The molecule has 3 aromatic heterocycles. The van der Waals surface area contributed by atoms with Crippen molar-refractivity contribution in [3.63, 3.8) is 0 Å². The standard InChI is InChI=1S/C28H17N3.Ni/c1-3-15-26-22(11-1)23-12-2-4-16-27(23)31(26)28-17-8-14-25(30-28)21-10-7-9-20(19-21)24-13-5-6-18-29-24;/h1-15,17-18H;/q-2;+2. The molecule has 0 aliphatic rings. The number of benzene rings is 3. The third-order valence-corrected chi connectivity index (χ3v) is 5.47. The van der Waals surface area contributed by atoms with Crippen molar-refractivity contribution in [2.45, 2.75) is 0 Å². The summed E-state index contributed by atoms with van der Waals surface area (Å²) in [6.07, 6.45) is 1.80. The molecule has 0 amide bonds. The fourth-order valence-corrected chi connectivity index (χ4v) is 4.07. The smallest absolute Gasteiger partial charge is 0.320 e. The van der Waals surface area contributed by atoms with Crippen LogP contribution in [0.15, 0.2) is 103 Å². The van der Waals surface area contributed by atoms with Crippen molar-refractivity contribution in [3.8, 4) is 28.3 Å². The molecule has 3 heterocycles. The van der Waals surface area contributed by atoms with Crippen LogP contribution in [0.25, 0.3) is 50.1 Å². The Kier molecular flexibility index (Phi) is 5.30. The van der Waals surface area contributed by atoms with Crippen LogP contribution in [0.5, 0.6) is 0 Å². The van der Waals surface area contributed by atoms with Crippen LogP contribution in [0.4, 0.5) is 0 Å². The summed E-state index contributed by atoms with van der Waals surface area (Å²) in [4.78, 5) is 9.46. The number of rotatable bonds is 3. The summed E-state index contributed by atoms with van der Waals surface area (Å²) in [6, 6.07) is 39.5. The second-order valence-electron chi connectivity index (χ2n) is 7.36. The molecule has 0 atom stereocenters. The Morgan fingerprint density at radius 2 is 1.41 bits per heavy atom. The maximum Gasteiger partial charge on any atom is 2.00 e. The molecule has 0 fully saturated rings. The fourth-order valence-electron chi connectivity index (χ4n) is 4.07. The summed E-state index contributed by atoms with van der Waals surface area (Å²) < 4.78 is 2.18. The van der Waals surface area contributed by atoms with Gasteiger partial charge >= 0.3 is 16.5 Å². The van der Waals surface area contributed by atoms with E-state index in [2.05, 4.69) is 52.0 Å². The molecule has 0 N–H and O–H groups in total. The first-order valence-corrected chi connectivity index (χ1v) is 10.2. The van der Waals surface area contributed by atoms with Gasteiger partial charge in [0.25, 0.3) is 0 Å². The molecule has 0 saturated carbocycles. The van der Waals surface area contributed by atoms with E-state index in [-0.39, 0.29) is 16.5 Å². The molecule has 154 valence electrons. The molecule has 32 heavy (non-hydrogen) atoms. The van der Waals surface area contributed by atoms with Gasteiger partial charge in [-0.05, 0) is 23.6 Å². The van der Waals surface area contributed by atoms with Gasteiger partial charge in [0, 0.05) is 23.1 Å². The zero-order chi connectivity index (χ0) is 20.6. The van der Waals surface area contributed by atoms with Gasteiger partial charge in [-0.3, -0.25) is 9.97 Å². The van der Waals surface area contributed by atoms with E-state index in [1.54, 1.807) is 6.20 Å². The van der Waals surface area contributed by atoms with Crippen LogP contribution in [-0.2, 0) is 16.5 Å². The molecule has 6 rings (SSSR count). The Bertz CT molecular complexity index is 1480. The van der Waals surface area contributed by atoms with Gasteiger partial charge in [-0.15, -0.1) is 29.7 Å². The summed E-state index contributed by atoms with van der Waals surface area (Å²) in [6.45, 7) is 0. The van der Waals surface area contributed by atoms with Crippen LogP contribution >= 0.6 is 0 Å². The van der Waals surface area contributed by atoms with Crippen LogP contribution in [0.3, 0.4) is 0 Å². The third-order valence-electron chi connectivity index (χ3n) is 5.47. The van der Waals surface area contributed by atoms with Gasteiger partial charge < -0.3 is 4.57 Å². The predicted octanol–water partition coefficient (Wildman–Crippen LogP) is 6.51. The average Bonchev–Trinajstić information content (AvgIpc) is 3.19. The minimum absolute atomic E-state index is 0. The van der Waals surface area contributed by atoms with Crippen LogP contribution < -0.4 is 0 Å². The van der Waals surface area contributed by atoms with E-state index in [9.17, 15) is 0 Å². The van der Waals surface area contributed by atoms with Crippen molar-refractivity contribution in [2.24, 2.45) is 0 Å². The second kappa shape index (κ2) is 8.41. The minimum Gasteiger partial charge on any atom is -0.320 e. The van der Waals surface area contributed by atoms with Crippen LogP contribution in [0.1, 0.15) is 0 Å². The maximum atomic E-state index is 5.01. The number of para-hydroxylation sites is 2. The SMILES string of the molecule is [Ni+2].[c-]1c(-c2ccccn2)cccc1-c1cccc(-n2c3[c-]cccc3c3ccccc32)n1. The Labute approximate surface area is 196 Å². The molecule has 0 radical (unpaired) electrons. The Morgan fingerprint density at radius 1 is 0.656 bits per heavy atom. The third kappa shape index (κ3) is 3.39. The zero-order valence-corrected chi connectivity index (χ0v) is 18.0. The van der Waals surface area contributed by atoms with Crippen LogP contribution in [0.2, 0.25) is 0 Å². The Hall–Kier alpha value is -3.75. The van der Waals surface area contributed by atoms with Crippen molar-refractivity contribution in [3.05, 3.63) is 115 Å². The topological polar surface area (TPSA) is 30.7 Å². The number of nitrogens with zero attached hydrogens (tertiary/aromatic N) is 3. The molecule has 3 aromatic carbocycles. The number of pyridine rings is 2. The second-order valence-corrected chi connectivity index (χ2v) is 7.36. The Balaban J connectivity index is 0.00000216. The predicted molar refractivity (Wildman–Crippen MR) is 125 cm³/mol. The number of fused-ring (bicyclic) bond motifs is 3. The Morgan fingerprint density at radius 3 is 2.28 bits per heavy atom. The van der Waals surface area contributed by atoms with Crippen molar-refractivity contribution in [1.29, 1.82) is 0 Å². The van der Waals surface area contributed by atoms with Gasteiger partial charge in [-0.2, -0.15) is 24.3 Å². The summed E-state index contributed by atoms with van der Waals surface area (Å²) in [5.41, 5.74) is 5.82. The van der Waals surface area contributed by atoms with Crippen molar-refractivity contribution in [1.82, 2.24) is 14.5 Å². The van der Waals surface area contributed by atoms with E-state index in [1.807, 2.05) is 66.7 Å². The van der Waals surface area contributed by atoms with E-state index >= 15 is 0 Å². The van der Waals surface area contributed by atoms with E-state index in [4.69, 9.17) is 4.98 Å². The first-order valence-electron chi connectivity index (χ1n) is 10.2. The van der Waals surface area contributed by atoms with Gasteiger partial charge in [0.1, 0.15) is 5.82 Å². The average molecular weight is 454 g/mol. The number of hydrogen-bond donors (Lipinski definition) is 0. The monoisotopic (exact) mass is 453 g/mol. The molecular weight excluding hydrogens is 437 g/mol. The van der Waals surface area contributed by atoms with Gasteiger partial charge in [0.2, 0.25) is 0 Å². The maximum absolute atomic E-state index is 5.01. The van der Waals surface area contributed by atoms with Crippen LogP contribution in [0, 0.1) is 12.1 Å². The van der Waals surface area contributed by atoms with Gasteiger partial charge in [-0.25, -0.2) is 0 Å². The first-order chi connectivity index (χ1) is 15.4. The number of hydrogen-bond acceptors (Lipinski definition) is 2. The van der Waals surface area contributed by atoms with E-state index in [0.29, 0.717) is 0 Å². The van der Waals surface area contributed by atoms with Gasteiger partial charge in [0.15, 0.2) is 0 Å². The fraction of sp³-hybridized carbons (Fsp3) is 0. The van der Waals surface area contributed by atoms with E-state index in [1.165, 1.54) is 10.8 Å². The van der Waals surface area contributed by atoms with Crippen LogP contribution in [-0.4, -0.2) is 14.5 Å². The van der Waals surface area contributed by atoms with E-state index < -0.39 is 0 Å². The quantitative estimate of drug-likeness (QED) is 0.226.